The number of nitrogens with one attached hydrogen (secondary N) is 1. The number of nitrogens with zero attached hydrogens (tertiary/aromatic N) is 2. The van der Waals surface area contributed by atoms with Gasteiger partial charge < -0.3 is 15.3 Å². The van der Waals surface area contributed by atoms with Crippen LogP contribution in [0.3, 0.4) is 0 Å². The van der Waals surface area contributed by atoms with E-state index in [4.69, 9.17) is 4.84 Å². The molecule has 0 bridgehead atoms. The number of benzene rings is 3. The fraction of sp³-hybridized carbons (Fsp3) is 0.115. The van der Waals surface area contributed by atoms with Gasteiger partial charge in [-0.15, -0.1) is 11.3 Å². The first-order valence-electron chi connectivity index (χ1n) is 10.4. The number of aryl methyl sites for hydroxylation is 1. The first kappa shape index (κ1) is 22.2. The van der Waals surface area contributed by atoms with Crippen LogP contribution in [0.2, 0.25) is 0 Å². The Morgan fingerprint density at radius 1 is 0.909 bits per heavy atom. The Balaban J connectivity index is 1.95. The zero-order chi connectivity index (χ0) is 23.3. The third-order valence-electron chi connectivity index (χ3n) is 5.25. The zero-order valence-corrected chi connectivity index (χ0v) is 19.0. The van der Waals surface area contributed by atoms with Gasteiger partial charge in [0, 0.05) is 28.6 Å². The van der Waals surface area contributed by atoms with Crippen LogP contribution >= 0.6 is 11.3 Å². The van der Waals surface area contributed by atoms with Crippen LogP contribution in [0.15, 0.2) is 96.2 Å². The Kier molecular flexibility index (Phi) is 6.51. The molecule has 6 nitrogen and oxygen atoms in total. The van der Waals surface area contributed by atoms with Crippen LogP contribution < -0.4 is 5.32 Å². The Labute approximate surface area is 196 Å². The number of carboxylic acid groups (broad SMARTS) is 1. The molecule has 0 aliphatic heterocycles. The number of hydrogen-bond donors (Lipinski definition) is 2. The molecule has 1 aromatic heterocycles. The van der Waals surface area contributed by atoms with Crippen molar-refractivity contribution < 1.29 is 14.7 Å². The summed E-state index contributed by atoms with van der Waals surface area (Å²) in [6, 6.07) is 29.0. The van der Waals surface area contributed by atoms with E-state index in [1.54, 1.807) is 7.05 Å². The largest absolute Gasteiger partial charge is 0.476 e. The van der Waals surface area contributed by atoms with Crippen LogP contribution in [-0.2, 0) is 15.2 Å². The van der Waals surface area contributed by atoms with Crippen LogP contribution in [0.4, 0.5) is 5.13 Å². The predicted molar refractivity (Wildman–Crippen MR) is 131 cm³/mol. The van der Waals surface area contributed by atoms with Gasteiger partial charge in [-0.05, 0) is 6.92 Å². The van der Waals surface area contributed by atoms with E-state index in [0.717, 1.165) is 21.6 Å². The van der Waals surface area contributed by atoms with E-state index >= 15 is 0 Å². The summed E-state index contributed by atoms with van der Waals surface area (Å²) >= 11 is 1.36. The Morgan fingerprint density at radius 2 is 1.36 bits per heavy atom. The van der Waals surface area contributed by atoms with Crippen molar-refractivity contribution in [2.24, 2.45) is 5.16 Å². The molecule has 7 heteroatoms. The molecule has 1 heterocycles. The summed E-state index contributed by atoms with van der Waals surface area (Å²) in [5.74, 6) is -1.21. The fourth-order valence-electron chi connectivity index (χ4n) is 3.70. The summed E-state index contributed by atoms with van der Waals surface area (Å²) in [5.41, 5.74) is 1.32. The van der Waals surface area contributed by atoms with Crippen molar-refractivity contribution in [3.8, 4) is 0 Å². The van der Waals surface area contributed by atoms with Crippen LogP contribution in [0.25, 0.3) is 0 Å². The molecule has 4 aromatic rings. The summed E-state index contributed by atoms with van der Waals surface area (Å²) in [6.07, 6.45) is 0. The third-order valence-corrected chi connectivity index (χ3v) is 6.24. The molecule has 0 amide bonds. The molecule has 2 N–H and O–H groups in total. The van der Waals surface area contributed by atoms with Crippen molar-refractivity contribution in [1.29, 1.82) is 0 Å². The highest BCUT2D eigenvalue weighted by molar-refractivity contribution is 7.15. The van der Waals surface area contributed by atoms with Gasteiger partial charge in [-0.3, -0.25) is 0 Å². The molecule has 0 atom stereocenters. The molecular formula is C26H23N3O3S. The fourth-order valence-corrected chi connectivity index (χ4v) is 4.47. The Morgan fingerprint density at radius 3 is 1.73 bits per heavy atom. The molecule has 0 spiro atoms. The maximum Gasteiger partial charge on any atom is 0.360 e. The lowest BCUT2D eigenvalue weighted by Gasteiger charge is -2.33. The highest BCUT2D eigenvalue weighted by Crippen LogP contribution is 2.40. The maximum absolute atomic E-state index is 12.2. The van der Waals surface area contributed by atoms with E-state index in [0.29, 0.717) is 5.13 Å². The standard InChI is InChI=1S/C26H23N3O3S/c1-18-22(28-25(27-2)33-18)23(24(30)31)29-32-26(19-12-6-3-7-13-19,20-14-8-4-9-15-20)21-16-10-5-11-17-21/h3-17H,1-2H3,(H,27,28)(H,30,31)/b29-23+. The van der Waals surface area contributed by atoms with Gasteiger partial charge in [0.1, 0.15) is 5.69 Å². The molecule has 166 valence electrons. The van der Waals surface area contributed by atoms with Crippen LogP contribution in [0, 0.1) is 6.92 Å². The number of rotatable bonds is 8. The number of carbonyl (C=O) groups is 1. The van der Waals surface area contributed by atoms with Gasteiger partial charge in [0.25, 0.3) is 0 Å². The number of carboxylic acids is 1. The van der Waals surface area contributed by atoms with Gasteiger partial charge in [0.15, 0.2) is 5.13 Å². The van der Waals surface area contributed by atoms with Crippen molar-refractivity contribution in [2.75, 3.05) is 12.4 Å². The summed E-state index contributed by atoms with van der Waals surface area (Å²) in [5, 5.41) is 17.8. The number of thiazole rings is 1. The summed E-state index contributed by atoms with van der Waals surface area (Å²) in [6.45, 7) is 1.81. The van der Waals surface area contributed by atoms with E-state index in [-0.39, 0.29) is 11.4 Å². The van der Waals surface area contributed by atoms with E-state index in [1.165, 1.54) is 11.3 Å². The second-order valence-corrected chi connectivity index (χ2v) is 8.49. The van der Waals surface area contributed by atoms with E-state index in [2.05, 4.69) is 15.5 Å². The first-order valence-corrected chi connectivity index (χ1v) is 11.2. The Bertz CT molecular complexity index is 1160. The molecule has 3 aromatic carbocycles. The average Bonchev–Trinajstić information content (AvgIpc) is 3.23. The average molecular weight is 458 g/mol. The minimum Gasteiger partial charge on any atom is -0.476 e. The molecule has 0 fully saturated rings. The number of hydrogen-bond acceptors (Lipinski definition) is 6. The predicted octanol–water partition coefficient (Wildman–Crippen LogP) is 5.29. The first-order chi connectivity index (χ1) is 16.1. The van der Waals surface area contributed by atoms with Crippen molar-refractivity contribution in [2.45, 2.75) is 12.5 Å². The van der Waals surface area contributed by atoms with Crippen LogP contribution in [0.1, 0.15) is 27.3 Å². The highest BCUT2D eigenvalue weighted by Gasteiger charge is 2.40. The van der Waals surface area contributed by atoms with Gasteiger partial charge in [-0.1, -0.05) is 96.2 Å². The van der Waals surface area contributed by atoms with Gasteiger partial charge >= 0.3 is 5.97 Å². The monoisotopic (exact) mass is 457 g/mol. The number of anilines is 1. The van der Waals surface area contributed by atoms with E-state index in [1.807, 2.05) is 97.9 Å². The van der Waals surface area contributed by atoms with Gasteiger partial charge in [-0.25, -0.2) is 9.78 Å². The molecule has 4 rings (SSSR count). The minimum absolute atomic E-state index is 0.252. The maximum atomic E-state index is 12.2. The molecular weight excluding hydrogens is 434 g/mol. The van der Waals surface area contributed by atoms with Crippen molar-refractivity contribution in [3.05, 3.63) is 118 Å². The minimum atomic E-state index is -1.21. The quantitative estimate of drug-likeness (QED) is 0.213. The molecule has 0 saturated heterocycles. The molecule has 0 aliphatic rings. The molecule has 33 heavy (non-hydrogen) atoms. The Hall–Kier alpha value is -3.97. The van der Waals surface area contributed by atoms with Crippen LogP contribution in [-0.4, -0.2) is 28.8 Å². The van der Waals surface area contributed by atoms with E-state index < -0.39 is 11.6 Å². The van der Waals surface area contributed by atoms with Gasteiger partial charge in [0.05, 0.1) is 0 Å². The third kappa shape index (κ3) is 4.36. The van der Waals surface area contributed by atoms with Crippen molar-refractivity contribution in [3.63, 3.8) is 0 Å². The SMILES string of the molecule is CNc1nc(/C(=N\OC(c2ccccc2)(c2ccccc2)c2ccccc2)C(=O)O)c(C)s1. The highest BCUT2D eigenvalue weighted by atomic mass is 32.1. The zero-order valence-electron chi connectivity index (χ0n) is 18.2. The lowest BCUT2D eigenvalue weighted by Crippen LogP contribution is -2.32. The molecule has 0 saturated carbocycles. The summed E-state index contributed by atoms with van der Waals surface area (Å²) in [7, 11) is 1.74. The van der Waals surface area contributed by atoms with Gasteiger partial charge in [0.2, 0.25) is 11.3 Å². The number of oxime groups is 1. The second kappa shape index (κ2) is 9.67. The molecule has 0 radical (unpaired) electrons. The normalized spacial score (nSPS) is 11.8. The van der Waals surface area contributed by atoms with Crippen molar-refractivity contribution in [1.82, 2.24) is 4.98 Å². The topological polar surface area (TPSA) is 83.8 Å². The van der Waals surface area contributed by atoms with Crippen LogP contribution in [0.5, 0.6) is 0 Å². The summed E-state index contributed by atoms with van der Waals surface area (Å²) in [4.78, 5) is 23.6. The van der Waals surface area contributed by atoms with Gasteiger partial charge in [-0.2, -0.15) is 0 Å². The summed E-state index contributed by atoms with van der Waals surface area (Å²) < 4.78 is 0. The lowest BCUT2D eigenvalue weighted by molar-refractivity contribution is -0.129. The smallest absolute Gasteiger partial charge is 0.360 e. The second-order valence-electron chi connectivity index (χ2n) is 7.29. The number of aliphatic carboxylic acids is 1. The molecule has 0 aliphatic carbocycles. The molecule has 0 unspecified atom stereocenters. The number of aromatic nitrogens is 1. The van der Waals surface area contributed by atoms with E-state index in [9.17, 15) is 9.90 Å². The lowest BCUT2D eigenvalue weighted by atomic mass is 9.80. The van der Waals surface area contributed by atoms with Crippen molar-refractivity contribution >= 4 is 28.1 Å².